The SMILES string of the molecule is COC(=O)C1=C(CN2CCN3C(=O)N(CC#Cc4ccc(C(=O)O)nc4)C[C@@H]3C2)NC(c2nccs2)=N[C@H]1c1ccc(F)cc1Cl. The maximum atomic E-state index is 14.0. The summed E-state index contributed by atoms with van der Waals surface area (Å²) < 4.78 is 19.1. The van der Waals surface area contributed by atoms with Gasteiger partial charge in [0, 0.05) is 72.3 Å². The van der Waals surface area contributed by atoms with Gasteiger partial charge in [0.25, 0.3) is 0 Å². The number of halogens is 2. The zero-order chi connectivity index (χ0) is 32.4. The highest BCUT2D eigenvalue weighted by molar-refractivity contribution is 7.11. The number of hydrogen-bond donors (Lipinski definition) is 2. The third-order valence-electron chi connectivity index (χ3n) is 7.80. The third-order valence-corrected chi connectivity index (χ3v) is 8.91. The highest BCUT2D eigenvalue weighted by Crippen LogP contribution is 2.37. The van der Waals surface area contributed by atoms with E-state index in [1.54, 1.807) is 17.2 Å². The van der Waals surface area contributed by atoms with Gasteiger partial charge >= 0.3 is 18.0 Å². The van der Waals surface area contributed by atoms with Crippen molar-refractivity contribution in [3.05, 3.63) is 92.0 Å². The number of esters is 1. The molecular weight excluding hydrogens is 637 g/mol. The number of amidine groups is 1. The first-order valence-corrected chi connectivity index (χ1v) is 15.4. The molecule has 0 bridgehead atoms. The number of aromatic nitrogens is 2. The molecule has 1 aromatic carbocycles. The fraction of sp³-hybridized carbons (Fsp3) is 0.290. The molecule has 236 valence electrons. The summed E-state index contributed by atoms with van der Waals surface area (Å²) in [5.41, 5.74) is 1.75. The summed E-state index contributed by atoms with van der Waals surface area (Å²) >= 11 is 7.84. The zero-order valence-electron chi connectivity index (χ0n) is 24.4. The first kappa shape index (κ1) is 31.2. The lowest BCUT2D eigenvalue weighted by molar-refractivity contribution is -0.136. The number of nitrogens with zero attached hydrogens (tertiary/aromatic N) is 6. The highest BCUT2D eigenvalue weighted by atomic mass is 35.5. The summed E-state index contributed by atoms with van der Waals surface area (Å²) in [6, 6.07) is 5.86. The predicted octanol–water partition coefficient (Wildman–Crippen LogP) is 3.02. The Hall–Kier alpha value is -4.84. The van der Waals surface area contributed by atoms with Gasteiger partial charge in [-0.1, -0.05) is 29.5 Å². The van der Waals surface area contributed by atoms with Crippen molar-refractivity contribution in [2.45, 2.75) is 12.1 Å². The molecule has 0 saturated carbocycles. The van der Waals surface area contributed by atoms with E-state index in [1.807, 2.05) is 10.3 Å². The van der Waals surface area contributed by atoms with Crippen molar-refractivity contribution < 1.29 is 28.6 Å². The Labute approximate surface area is 272 Å². The second kappa shape index (κ2) is 13.3. The number of fused-ring (bicyclic) bond motifs is 1. The number of piperazine rings is 1. The normalized spacial score (nSPS) is 19.6. The Morgan fingerprint density at radius 1 is 1.22 bits per heavy atom. The van der Waals surface area contributed by atoms with Crippen molar-refractivity contribution in [3.8, 4) is 11.8 Å². The number of urea groups is 1. The number of amides is 2. The number of ether oxygens (including phenoxy) is 1. The second-order valence-corrected chi connectivity index (χ2v) is 12.0. The van der Waals surface area contributed by atoms with E-state index in [-0.39, 0.29) is 34.9 Å². The zero-order valence-corrected chi connectivity index (χ0v) is 26.0. The maximum Gasteiger partial charge on any atom is 0.354 e. The Kier molecular flexibility index (Phi) is 8.98. The third kappa shape index (κ3) is 6.43. The number of carboxylic acids is 1. The fourth-order valence-corrected chi connectivity index (χ4v) is 6.50. The van der Waals surface area contributed by atoms with E-state index in [1.165, 1.54) is 48.9 Å². The first-order valence-electron chi connectivity index (χ1n) is 14.2. The monoisotopic (exact) mass is 663 g/mol. The van der Waals surface area contributed by atoms with Gasteiger partial charge in [-0.05, 0) is 24.3 Å². The molecule has 2 N–H and O–H groups in total. The smallest absolute Gasteiger partial charge is 0.354 e. The number of carboxylic acid groups (broad SMARTS) is 1. The number of pyridine rings is 1. The van der Waals surface area contributed by atoms with Crippen LogP contribution in [0.1, 0.15) is 32.7 Å². The summed E-state index contributed by atoms with van der Waals surface area (Å²) in [6.45, 7) is 2.57. The minimum Gasteiger partial charge on any atom is -0.477 e. The van der Waals surface area contributed by atoms with Gasteiger partial charge < -0.3 is 25.0 Å². The van der Waals surface area contributed by atoms with Crippen LogP contribution in [0.4, 0.5) is 9.18 Å². The fourth-order valence-electron chi connectivity index (χ4n) is 5.64. The van der Waals surface area contributed by atoms with E-state index < -0.39 is 23.8 Å². The van der Waals surface area contributed by atoms with Crippen LogP contribution < -0.4 is 5.32 Å². The van der Waals surface area contributed by atoms with Crippen LogP contribution in [0, 0.1) is 17.7 Å². The summed E-state index contributed by atoms with van der Waals surface area (Å²) in [6.07, 6.45) is 3.04. The molecule has 3 aliphatic heterocycles. The molecule has 2 amide bonds. The summed E-state index contributed by atoms with van der Waals surface area (Å²) in [5, 5.41) is 14.9. The molecule has 3 aromatic rings. The van der Waals surface area contributed by atoms with E-state index >= 15 is 0 Å². The summed E-state index contributed by atoms with van der Waals surface area (Å²) in [5.74, 6) is 4.15. The molecule has 46 heavy (non-hydrogen) atoms. The van der Waals surface area contributed by atoms with E-state index in [9.17, 15) is 18.8 Å². The standard InChI is InChI=1S/C31H27ClFN7O5S/c1-45-30(43)25-24(36-27(28-34-8-12-46-28)37-26(25)21-6-5-19(33)13-22(21)32)17-38-10-11-40-20(15-38)16-39(31(40)44)9-2-3-18-4-7-23(29(41)42)35-14-18/h4-8,12-14,20,26H,9-11,15-17H2,1H3,(H,36,37)(H,41,42)/t20-,26-/m0/s1. The molecule has 0 radical (unpaired) electrons. The molecule has 2 aromatic heterocycles. The van der Waals surface area contributed by atoms with Crippen LogP contribution in [0.5, 0.6) is 0 Å². The molecule has 12 nitrogen and oxygen atoms in total. The number of carbonyl (C=O) groups excluding carboxylic acids is 2. The van der Waals surface area contributed by atoms with Crippen LogP contribution in [0.2, 0.25) is 5.02 Å². The Bertz CT molecular complexity index is 1810. The van der Waals surface area contributed by atoms with Crippen LogP contribution in [0.25, 0.3) is 0 Å². The average Bonchev–Trinajstić information content (AvgIpc) is 3.69. The van der Waals surface area contributed by atoms with E-state index in [0.717, 1.165) is 0 Å². The van der Waals surface area contributed by atoms with Gasteiger partial charge in [-0.3, -0.25) is 9.89 Å². The van der Waals surface area contributed by atoms with E-state index in [0.29, 0.717) is 60.4 Å². The van der Waals surface area contributed by atoms with Crippen molar-refractivity contribution in [2.75, 3.05) is 46.4 Å². The summed E-state index contributed by atoms with van der Waals surface area (Å²) in [4.78, 5) is 56.1. The molecule has 2 atom stereocenters. The number of rotatable bonds is 7. The lowest BCUT2D eigenvalue weighted by atomic mass is 9.95. The van der Waals surface area contributed by atoms with Crippen molar-refractivity contribution in [1.82, 2.24) is 30.0 Å². The van der Waals surface area contributed by atoms with Crippen LogP contribution in [-0.2, 0) is 9.53 Å². The van der Waals surface area contributed by atoms with Gasteiger partial charge in [0.1, 0.15) is 17.6 Å². The lowest BCUT2D eigenvalue weighted by Crippen LogP contribution is -2.53. The number of hydrogen-bond acceptors (Lipinski definition) is 10. The molecule has 6 rings (SSSR count). The molecule has 15 heteroatoms. The molecule has 3 aliphatic rings. The van der Waals surface area contributed by atoms with E-state index in [4.69, 9.17) is 26.4 Å². The lowest BCUT2D eigenvalue weighted by Gasteiger charge is -2.38. The molecule has 2 saturated heterocycles. The Balaban J connectivity index is 1.20. The number of benzene rings is 1. The minimum absolute atomic E-state index is 0.0685. The van der Waals surface area contributed by atoms with Crippen molar-refractivity contribution in [2.24, 2.45) is 4.99 Å². The number of methoxy groups -OCH3 is 1. The Morgan fingerprint density at radius 2 is 2.07 bits per heavy atom. The number of aliphatic imine (C=N–C) groups is 1. The largest absolute Gasteiger partial charge is 0.477 e. The first-order chi connectivity index (χ1) is 22.2. The predicted molar refractivity (Wildman–Crippen MR) is 167 cm³/mol. The molecule has 0 unspecified atom stereocenters. The molecule has 0 spiro atoms. The van der Waals surface area contributed by atoms with Gasteiger partial charge in [0.15, 0.2) is 10.8 Å². The van der Waals surface area contributed by atoms with Gasteiger partial charge in [-0.25, -0.2) is 28.7 Å². The number of aromatic carboxylic acids is 1. The molecular formula is C31H27ClFN7O5S. The van der Waals surface area contributed by atoms with Gasteiger partial charge in [-0.2, -0.15) is 0 Å². The maximum absolute atomic E-state index is 14.0. The van der Waals surface area contributed by atoms with Crippen LogP contribution in [0.15, 0.2) is 64.4 Å². The second-order valence-electron chi connectivity index (χ2n) is 10.7. The van der Waals surface area contributed by atoms with Crippen LogP contribution in [-0.4, -0.2) is 106 Å². The average molecular weight is 664 g/mol. The topological polar surface area (TPSA) is 141 Å². The van der Waals surface area contributed by atoms with Crippen LogP contribution >= 0.6 is 22.9 Å². The molecule has 0 aliphatic carbocycles. The quantitative estimate of drug-likeness (QED) is 0.288. The van der Waals surface area contributed by atoms with Crippen LogP contribution in [0.3, 0.4) is 0 Å². The summed E-state index contributed by atoms with van der Waals surface area (Å²) in [7, 11) is 1.29. The van der Waals surface area contributed by atoms with Crippen molar-refractivity contribution in [1.29, 1.82) is 0 Å². The molecule has 5 heterocycles. The van der Waals surface area contributed by atoms with Crippen molar-refractivity contribution in [3.63, 3.8) is 0 Å². The number of nitrogens with one attached hydrogen (secondary N) is 1. The highest BCUT2D eigenvalue weighted by Gasteiger charge is 2.41. The number of carbonyl (C=O) groups is 3. The van der Waals surface area contributed by atoms with Gasteiger partial charge in [0.05, 0.1) is 25.3 Å². The molecule has 2 fully saturated rings. The van der Waals surface area contributed by atoms with Gasteiger partial charge in [-0.15, -0.1) is 11.3 Å². The van der Waals surface area contributed by atoms with E-state index in [2.05, 4.69) is 32.0 Å². The number of thiazole rings is 1. The van der Waals surface area contributed by atoms with Gasteiger partial charge in [0.2, 0.25) is 0 Å². The minimum atomic E-state index is -1.12. The Morgan fingerprint density at radius 3 is 2.76 bits per heavy atom. The van der Waals surface area contributed by atoms with Crippen molar-refractivity contribution >= 4 is 46.7 Å².